The van der Waals surface area contributed by atoms with E-state index in [0.717, 1.165) is 20.9 Å². The fourth-order valence-electron chi connectivity index (χ4n) is 0.283. The molecule has 0 heterocycles. The first-order valence-electron chi connectivity index (χ1n) is 2.34. The van der Waals surface area contributed by atoms with Crippen molar-refractivity contribution < 1.29 is 10.2 Å². The molecule has 7 heavy (non-hydrogen) atoms. The second kappa shape index (κ2) is 6.35. The highest BCUT2D eigenvalue weighted by Gasteiger charge is 1.80. The molecule has 0 radical (unpaired) electrons. The molecule has 3 heteroatoms. The number of hydrogen-bond donors (Lipinski definition) is 2. The topological polar surface area (TPSA) is 40.5 Å². The third-order valence-corrected chi connectivity index (χ3v) is 1.73. The van der Waals surface area contributed by atoms with Crippen LogP contribution in [0.4, 0.5) is 0 Å². The number of hydrogen-bond acceptors (Lipinski definition) is 2. The van der Waals surface area contributed by atoms with Gasteiger partial charge >= 0.3 is 0 Å². The first kappa shape index (κ1) is 7.35. The van der Waals surface area contributed by atoms with Crippen molar-refractivity contribution in [1.29, 1.82) is 0 Å². The van der Waals surface area contributed by atoms with E-state index < -0.39 is 0 Å². The molecule has 0 aromatic heterocycles. The van der Waals surface area contributed by atoms with Crippen molar-refractivity contribution in [2.24, 2.45) is 0 Å². The van der Waals surface area contributed by atoms with Gasteiger partial charge in [-0.1, -0.05) is 0 Å². The van der Waals surface area contributed by atoms with Gasteiger partial charge in [-0.05, 0) is 12.3 Å². The first-order valence-corrected chi connectivity index (χ1v) is 3.75. The van der Waals surface area contributed by atoms with Crippen molar-refractivity contribution in [1.82, 2.24) is 0 Å². The van der Waals surface area contributed by atoms with E-state index in [0.29, 0.717) is 0 Å². The van der Waals surface area contributed by atoms with Gasteiger partial charge in [-0.3, -0.25) is 0 Å². The van der Waals surface area contributed by atoms with E-state index in [-0.39, 0.29) is 13.2 Å². The Morgan fingerprint density at radius 3 is 1.71 bits per heavy atom. The average molecular weight is 122 g/mol. The minimum atomic E-state index is 0.262. The van der Waals surface area contributed by atoms with Crippen molar-refractivity contribution in [2.45, 2.75) is 0 Å². The van der Waals surface area contributed by atoms with Crippen LogP contribution in [0.2, 0.25) is 0 Å². The Balaban J connectivity index is 2.45. The van der Waals surface area contributed by atoms with Gasteiger partial charge in [-0.25, -0.2) is 0 Å². The maximum atomic E-state index is 8.22. The molecule has 0 aliphatic carbocycles. The summed E-state index contributed by atoms with van der Waals surface area (Å²) in [4.78, 5) is 0. The molecular formula is C4H11O2P. The van der Waals surface area contributed by atoms with Crippen LogP contribution in [0.15, 0.2) is 0 Å². The van der Waals surface area contributed by atoms with Crippen LogP contribution in [0, 0.1) is 0 Å². The fraction of sp³-hybridized carbons (Fsp3) is 1.00. The fourth-order valence-corrected chi connectivity index (χ4v) is 0.849. The lowest BCUT2D eigenvalue weighted by molar-refractivity contribution is 0.317. The third-order valence-electron chi connectivity index (χ3n) is 0.577. The average Bonchev–Trinajstić information content (AvgIpc) is 1.69. The molecule has 0 aromatic carbocycles. The molecule has 0 atom stereocenters. The number of rotatable bonds is 4. The van der Waals surface area contributed by atoms with Crippen LogP contribution < -0.4 is 0 Å². The van der Waals surface area contributed by atoms with Gasteiger partial charge in [0, 0.05) is 13.2 Å². The molecule has 0 amide bonds. The Kier molecular flexibility index (Phi) is 6.67. The summed E-state index contributed by atoms with van der Waals surface area (Å²) >= 11 is 0. The van der Waals surface area contributed by atoms with Crippen molar-refractivity contribution in [3.05, 3.63) is 0 Å². The Morgan fingerprint density at radius 1 is 1.00 bits per heavy atom. The van der Waals surface area contributed by atoms with E-state index in [1.54, 1.807) is 0 Å². The zero-order chi connectivity index (χ0) is 5.54. The van der Waals surface area contributed by atoms with E-state index in [4.69, 9.17) is 10.2 Å². The van der Waals surface area contributed by atoms with Crippen LogP contribution in [0.3, 0.4) is 0 Å². The van der Waals surface area contributed by atoms with E-state index in [9.17, 15) is 0 Å². The summed E-state index contributed by atoms with van der Waals surface area (Å²) < 4.78 is 0. The smallest absolute Gasteiger partial charge is 0.0467 e. The Bertz CT molecular complexity index is 28.9. The molecule has 0 bridgehead atoms. The first-order chi connectivity index (χ1) is 3.41. The summed E-state index contributed by atoms with van der Waals surface area (Å²) in [5, 5.41) is 16.4. The van der Waals surface area contributed by atoms with E-state index >= 15 is 0 Å². The lowest BCUT2D eigenvalue weighted by Crippen LogP contribution is -1.88. The molecular weight excluding hydrogens is 111 g/mol. The van der Waals surface area contributed by atoms with E-state index in [1.165, 1.54) is 0 Å². The second-order valence-electron chi connectivity index (χ2n) is 1.20. The summed E-state index contributed by atoms with van der Waals surface area (Å²) in [6.07, 6.45) is 1.70. The number of aliphatic hydroxyl groups is 2. The van der Waals surface area contributed by atoms with Crippen LogP contribution >= 0.6 is 8.58 Å². The number of aliphatic hydroxyl groups excluding tert-OH is 2. The van der Waals surface area contributed by atoms with Crippen LogP contribution in [-0.4, -0.2) is 35.8 Å². The van der Waals surface area contributed by atoms with E-state index in [2.05, 4.69) is 0 Å². The summed E-state index contributed by atoms with van der Waals surface area (Å²) in [5.41, 5.74) is 0. The van der Waals surface area contributed by atoms with Crippen molar-refractivity contribution >= 4 is 8.58 Å². The molecule has 0 aromatic rings. The summed E-state index contributed by atoms with van der Waals surface area (Å²) in [5.74, 6) is 0. The predicted molar refractivity (Wildman–Crippen MR) is 32.2 cm³/mol. The summed E-state index contributed by atoms with van der Waals surface area (Å²) in [7, 11) is 0.732. The quantitative estimate of drug-likeness (QED) is 0.395. The van der Waals surface area contributed by atoms with Gasteiger partial charge in [0.05, 0.1) is 0 Å². The van der Waals surface area contributed by atoms with Crippen LogP contribution in [0.1, 0.15) is 0 Å². The molecule has 0 spiro atoms. The summed E-state index contributed by atoms with van der Waals surface area (Å²) in [6.45, 7) is 0.525. The predicted octanol–water partition coefficient (Wildman–Crippen LogP) is -0.351. The Hall–Kier alpha value is 0.350. The van der Waals surface area contributed by atoms with Crippen LogP contribution in [0.5, 0.6) is 0 Å². The molecule has 2 N–H and O–H groups in total. The second-order valence-corrected chi connectivity index (χ2v) is 2.70. The highest BCUT2D eigenvalue weighted by molar-refractivity contribution is 7.38. The standard InChI is InChI=1S/C4H11O2P/c5-1-3-7-4-2-6/h5-7H,1-4H2. The molecule has 0 fully saturated rings. The lowest BCUT2D eigenvalue weighted by atomic mass is 10.9. The molecule has 44 valence electrons. The van der Waals surface area contributed by atoms with Gasteiger partial charge in [-0.15, -0.1) is 8.58 Å². The van der Waals surface area contributed by atoms with Gasteiger partial charge in [0.25, 0.3) is 0 Å². The monoisotopic (exact) mass is 122 g/mol. The van der Waals surface area contributed by atoms with Crippen molar-refractivity contribution in [2.75, 3.05) is 25.5 Å². The molecule has 0 aliphatic rings. The van der Waals surface area contributed by atoms with Crippen LogP contribution in [0.25, 0.3) is 0 Å². The van der Waals surface area contributed by atoms with Crippen LogP contribution in [-0.2, 0) is 0 Å². The Morgan fingerprint density at radius 2 is 1.43 bits per heavy atom. The molecule has 0 saturated carbocycles. The molecule has 0 rings (SSSR count). The van der Waals surface area contributed by atoms with Gasteiger partial charge in [0.1, 0.15) is 0 Å². The molecule has 0 unspecified atom stereocenters. The molecule has 0 saturated heterocycles. The maximum absolute atomic E-state index is 8.22. The third kappa shape index (κ3) is 6.35. The highest BCUT2D eigenvalue weighted by Crippen LogP contribution is 2.04. The Labute approximate surface area is 45.3 Å². The molecule has 2 nitrogen and oxygen atoms in total. The molecule has 0 aliphatic heterocycles. The normalized spacial score (nSPS) is 9.43. The van der Waals surface area contributed by atoms with E-state index in [1.807, 2.05) is 0 Å². The van der Waals surface area contributed by atoms with Gasteiger partial charge < -0.3 is 10.2 Å². The van der Waals surface area contributed by atoms with Gasteiger partial charge in [0.2, 0.25) is 0 Å². The zero-order valence-electron chi connectivity index (χ0n) is 4.22. The zero-order valence-corrected chi connectivity index (χ0v) is 5.22. The maximum Gasteiger partial charge on any atom is 0.0467 e. The van der Waals surface area contributed by atoms with Crippen molar-refractivity contribution in [3.63, 3.8) is 0 Å². The largest absolute Gasteiger partial charge is 0.396 e. The summed E-state index contributed by atoms with van der Waals surface area (Å²) in [6, 6.07) is 0. The SMILES string of the molecule is OCCPCCO. The lowest BCUT2D eigenvalue weighted by Gasteiger charge is -1.90. The minimum absolute atomic E-state index is 0.262. The highest BCUT2D eigenvalue weighted by atomic mass is 31.1. The van der Waals surface area contributed by atoms with Gasteiger partial charge in [-0.2, -0.15) is 0 Å². The van der Waals surface area contributed by atoms with Crippen molar-refractivity contribution in [3.8, 4) is 0 Å². The minimum Gasteiger partial charge on any atom is -0.396 e. The van der Waals surface area contributed by atoms with Gasteiger partial charge in [0.15, 0.2) is 0 Å².